The highest BCUT2D eigenvalue weighted by atomic mass is 19.2. The normalized spacial score (nSPS) is 10.8. The molecule has 0 N–H and O–H groups in total. The van der Waals surface area contributed by atoms with Crippen LogP contribution < -0.4 is 9.47 Å². The molecule has 0 aliphatic heterocycles. The number of ketones is 1. The summed E-state index contributed by atoms with van der Waals surface area (Å²) in [6, 6.07) is 8.27. The van der Waals surface area contributed by atoms with Crippen LogP contribution >= 0.6 is 0 Å². The fourth-order valence-electron chi connectivity index (χ4n) is 1.98. The molecular formula is C18H16F2O3. The average molecular weight is 318 g/mol. The Morgan fingerprint density at radius 1 is 1.09 bits per heavy atom. The van der Waals surface area contributed by atoms with Crippen LogP contribution in [-0.2, 0) is 0 Å². The van der Waals surface area contributed by atoms with Gasteiger partial charge >= 0.3 is 0 Å². The fourth-order valence-corrected chi connectivity index (χ4v) is 1.98. The third-order valence-electron chi connectivity index (χ3n) is 3.12. The van der Waals surface area contributed by atoms with Crippen molar-refractivity contribution < 1.29 is 23.0 Å². The lowest BCUT2D eigenvalue weighted by molar-refractivity contribution is 0.104. The van der Waals surface area contributed by atoms with Crippen LogP contribution in [0, 0.1) is 11.6 Å². The summed E-state index contributed by atoms with van der Waals surface area (Å²) >= 11 is 0. The maximum atomic E-state index is 13.1. The molecule has 0 spiro atoms. The summed E-state index contributed by atoms with van der Waals surface area (Å²) in [4.78, 5) is 12.0. The SMILES string of the molecule is CCOc1cc(/C=C/C(=O)c2ccc(F)c(F)c2)ccc1OC. The molecule has 0 radical (unpaired) electrons. The summed E-state index contributed by atoms with van der Waals surface area (Å²) in [6.45, 7) is 2.34. The highest BCUT2D eigenvalue weighted by Crippen LogP contribution is 2.28. The quantitative estimate of drug-likeness (QED) is 0.589. The Bertz CT molecular complexity index is 739. The van der Waals surface area contributed by atoms with Crippen molar-refractivity contribution in [3.8, 4) is 11.5 Å². The van der Waals surface area contributed by atoms with Gasteiger partial charge in [0.2, 0.25) is 0 Å². The van der Waals surface area contributed by atoms with Crippen LogP contribution in [0.1, 0.15) is 22.8 Å². The van der Waals surface area contributed by atoms with Gasteiger partial charge in [-0.2, -0.15) is 0 Å². The van der Waals surface area contributed by atoms with E-state index in [1.807, 2.05) is 6.92 Å². The van der Waals surface area contributed by atoms with E-state index in [1.165, 1.54) is 12.1 Å². The van der Waals surface area contributed by atoms with Crippen molar-refractivity contribution in [1.29, 1.82) is 0 Å². The van der Waals surface area contributed by atoms with Gasteiger partial charge in [-0.05, 0) is 48.9 Å². The van der Waals surface area contributed by atoms with Crippen LogP contribution in [0.5, 0.6) is 11.5 Å². The molecule has 120 valence electrons. The van der Waals surface area contributed by atoms with E-state index in [1.54, 1.807) is 31.4 Å². The van der Waals surface area contributed by atoms with E-state index in [0.717, 1.165) is 17.7 Å². The lowest BCUT2D eigenvalue weighted by Crippen LogP contribution is -1.97. The summed E-state index contributed by atoms with van der Waals surface area (Å²) in [5.41, 5.74) is 0.809. The summed E-state index contributed by atoms with van der Waals surface area (Å²) < 4.78 is 36.6. The number of methoxy groups -OCH3 is 1. The molecule has 23 heavy (non-hydrogen) atoms. The van der Waals surface area contributed by atoms with Gasteiger partial charge in [-0.1, -0.05) is 12.1 Å². The molecule has 0 heterocycles. The molecule has 0 saturated heterocycles. The molecule has 0 aromatic heterocycles. The van der Waals surface area contributed by atoms with Crippen molar-refractivity contribution in [1.82, 2.24) is 0 Å². The molecule has 0 aliphatic rings. The summed E-state index contributed by atoms with van der Waals surface area (Å²) in [6.07, 6.45) is 2.87. The van der Waals surface area contributed by atoms with E-state index in [-0.39, 0.29) is 5.56 Å². The number of benzene rings is 2. The first kappa shape index (κ1) is 16.7. The first-order valence-electron chi connectivity index (χ1n) is 7.03. The van der Waals surface area contributed by atoms with Crippen molar-refractivity contribution >= 4 is 11.9 Å². The number of halogens is 2. The second kappa shape index (κ2) is 7.54. The van der Waals surface area contributed by atoms with Crippen molar-refractivity contribution in [2.24, 2.45) is 0 Å². The Morgan fingerprint density at radius 2 is 1.87 bits per heavy atom. The number of carbonyl (C=O) groups excluding carboxylic acids is 1. The lowest BCUT2D eigenvalue weighted by atomic mass is 10.1. The second-order valence-electron chi connectivity index (χ2n) is 4.67. The predicted octanol–water partition coefficient (Wildman–Crippen LogP) is 4.27. The van der Waals surface area contributed by atoms with E-state index in [4.69, 9.17) is 9.47 Å². The number of ether oxygens (including phenoxy) is 2. The van der Waals surface area contributed by atoms with E-state index in [0.29, 0.717) is 18.1 Å². The monoisotopic (exact) mass is 318 g/mol. The van der Waals surface area contributed by atoms with Gasteiger partial charge in [0.1, 0.15) is 0 Å². The van der Waals surface area contributed by atoms with Crippen LogP contribution in [0.15, 0.2) is 42.5 Å². The minimum absolute atomic E-state index is 0.0821. The molecule has 0 bridgehead atoms. The smallest absolute Gasteiger partial charge is 0.185 e. The first-order chi connectivity index (χ1) is 11.0. The Kier molecular flexibility index (Phi) is 5.46. The predicted molar refractivity (Wildman–Crippen MR) is 83.9 cm³/mol. The van der Waals surface area contributed by atoms with Crippen molar-refractivity contribution in [2.45, 2.75) is 6.92 Å². The van der Waals surface area contributed by atoms with Crippen molar-refractivity contribution in [3.05, 3.63) is 65.2 Å². The fraction of sp³-hybridized carbons (Fsp3) is 0.167. The Balaban J connectivity index is 2.20. The molecule has 0 unspecified atom stereocenters. The zero-order valence-corrected chi connectivity index (χ0v) is 12.8. The standard InChI is InChI=1S/C18H16F2O3/c1-3-23-18-10-12(5-9-17(18)22-2)4-8-16(21)13-6-7-14(19)15(20)11-13/h4-11H,3H2,1-2H3/b8-4+. The molecule has 0 saturated carbocycles. The largest absolute Gasteiger partial charge is 0.493 e. The minimum atomic E-state index is -1.05. The molecule has 3 nitrogen and oxygen atoms in total. The molecule has 0 atom stereocenters. The van der Waals surface area contributed by atoms with E-state index >= 15 is 0 Å². The minimum Gasteiger partial charge on any atom is -0.493 e. The van der Waals surface area contributed by atoms with Gasteiger partial charge < -0.3 is 9.47 Å². The summed E-state index contributed by atoms with van der Waals surface area (Å²) in [5.74, 6) is -1.29. The Labute approximate surface area is 133 Å². The molecule has 2 aromatic rings. The number of carbonyl (C=O) groups is 1. The van der Waals surface area contributed by atoms with Crippen LogP contribution in [0.2, 0.25) is 0 Å². The highest BCUT2D eigenvalue weighted by Gasteiger charge is 2.08. The Morgan fingerprint density at radius 3 is 2.52 bits per heavy atom. The second-order valence-corrected chi connectivity index (χ2v) is 4.67. The molecule has 0 aliphatic carbocycles. The van der Waals surface area contributed by atoms with Gasteiger partial charge in [-0.3, -0.25) is 4.79 Å². The van der Waals surface area contributed by atoms with Gasteiger partial charge in [0, 0.05) is 5.56 Å². The number of hydrogen-bond donors (Lipinski definition) is 0. The van der Waals surface area contributed by atoms with Gasteiger partial charge in [-0.25, -0.2) is 8.78 Å². The average Bonchev–Trinajstić information content (AvgIpc) is 2.55. The van der Waals surface area contributed by atoms with Crippen LogP contribution in [0.4, 0.5) is 8.78 Å². The van der Waals surface area contributed by atoms with Crippen LogP contribution in [0.25, 0.3) is 6.08 Å². The highest BCUT2D eigenvalue weighted by molar-refractivity contribution is 6.06. The van der Waals surface area contributed by atoms with Crippen molar-refractivity contribution in [3.63, 3.8) is 0 Å². The summed E-state index contributed by atoms with van der Waals surface area (Å²) in [7, 11) is 1.54. The summed E-state index contributed by atoms with van der Waals surface area (Å²) in [5, 5.41) is 0. The zero-order valence-electron chi connectivity index (χ0n) is 12.8. The van der Waals surface area contributed by atoms with Crippen molar-refractivity contribution in [2.75, 3.05) is 13.7 Å². The van der Waals surface area contributed by atoms with Gasteiger partial charge in [0.25, 0.3) is 0 Å². The number of allylic oxidation sites excluding steroid dienone is 1. The zero-order chi connectivity index (χ0) is 16.8. The third-order valence-corrected chi connectivity index (χ3v) is 3.12. The van der Waals surface area contributed by atoms with Crippen LogP contribution in [0.3, 0.4) is 0 Å². The maximum Gasteiger partial charge on any atom is 0.185 e. The van der Waals surface area contributed by atoms with Gasteiger partial charge in [-0.15, -0.1) is 0 Å². The van der Waals surface area contributed by atoms with E-state index < -0.39 is 17.4 Å². The Hall–Kier alpha value is -2.69. The molecule has 0 amide bonds. The number of rotatable bonds is 6. The van der Waals surface area contributed by atoms with E-state index in [2.05, 4.69) is 0 Å². The third kappa shape index (κ3) is 4.16. The first-order valence-corrected chi connectivity index (χ1v) is 7.03. The lowest BCUT2D eigenvalue weighted by Gasteiger charge is -2.09. The van der Waals surface area contributed by atoms with E-state index in [9.17, 15) is 13.6 Å². The topological polar surface area (TPSA) is 35.5 Å². The molecule has 2 rings (SSSR count). The van der Waals surface area contributed by atoms with Gasteiger partial charge in [0.05, 0.1) is 13.7 Å². The molecule has 2 aromatic carbocycles. The number of hydrogen-bond acceptors (Lipinski definition) is 3. The molecule has 0 fully saturated rings. The maximum absolute atomic E-state index is 13.1. The molecular weight excluding hydrogens is 302 g/mol. The van der Waals surface area contributed by atoms with Gasteiger partial charge in [0.15, 0.2) is 28.9 Å². The molecule has 5 heteroatoms. The van der Waals surface area contributed by atoms with Crippen LogP contribution in [-0.4, -0.2) is 19.5 Å².